The van der Waals surface area contributed by atoms with Crippen LogP contribution in [0.4, 0.5) is 0 Å². The maximum Gasteiger partial charge on any atom is 0.289 e. The smallest absolute Gasteiger partial charge is 0.289 e. The molecule has 1 aromatic carbocycles. The Kier molecular flexibility index (Phi) is 7.55. The van der Waals surface area contributed by atoms with E-state index in [4.69, 9.17) is 25.7 Å². The lowest BCUT2D eigenvalue weighted by Crippen LogP contribution is -2.53. The van der Waals surface area contributed by atoms with Crippen LogP contribution in [-0.4, -0.2) is 68.0 Å². The van der Waals surface area contributed by atoms with Gasteiger partial charge in [0.25, 0.3) is 5.91 Å². The average molecular weight is 419 g/mol. The first kappa shape index (κ1) is 21.2. The van der Waals surface area contributed by atoms with Gasteiger partial charge in [-0.05, 0) is 36.8 Å². The quantitative estimate of drug-likeness (QED) is 0.576. The first-order chi connectivity index (χ1) is 14.1. The third kappa shape index (κ3) is 5.52. The number of hydrogen-bond acceptors (Lipinski definition) is 4. The number of methoxy groups -OCH3 is 1. The molecule has 0 radical (unpaired) electrons. The summed E-state index contributed by atoms with van der Waals surface area (Å²) in [7, 11) is 1.67. The second kappa shape index (κ2) is 10.3. The molecule has 7 nitrogen and oxygen atoms in total. The van der Waals surface area contributed by atoms with E-state index in [1.165, 1.54) is 6.26 Å². The molecule has 1 N–H and O–H groups in total. The Morgan fingerprint density at radius 2 is 2.00 bits per heavy atom. The van der Waals surface area contributed by atoms with Gasteiger partial charge in [-0.15, -0.1) is 0 Å². The van der Waals surface area contributed by atoms with Gasteiger partial charge >= 0.3 is 0 Å². The van der Waals surface area contributed by atoms with Gasteiger partial charge in [-0.2, -0.15) is 0 Å². The molecule has 1 amide bonds. The van der Waals surface area contributed by atoms with Crippen molar-refractivity contribution in [3.8, 4) is 0 Å². The number of furan rings is 1. The summed E-state index contributed by atoms with van der Waals surface area (Å²) in [5.41, 5.74) is 0.994. The minimum Gasteiger partial charge on any atom is -0.459 e. The maximum absolute atomic E-state index is 12.4. The highest BCUT2D eigenvalue weighted by atomic mass is 35.5. The van der Waals surface area contributed by atoms with Crippen molar-refractivity contribution in [2.45, 2.75) is 13.0 Å². The predicted molar refractivity (Wildman–Crippen MR) is 113 cm³/mol. The van der Waals surface area contributed by atoms with E-state index >= 15 is 0 Å². The van der Waals surface area contributed by atoms with Gasteiger partial charge in [0, 0.05) is 44.9 Å². The van der Waals surface area contributed by atoms with Crippen LogP contribution in [0.5, 0.6) is 0 Å². The summed E-state index contributed by atoms with van der Waals surface area (Å²) in [4.78, 5) is 21.2. The second-order valence-corrected chi connectivity index (χ2v) is 7.17. The summed E-state index contributed by atoms with van der Waals surface area (Å²) in [5.74, 6) is 1.13. The Morgan fingerprint density at radius 3 is 2.62 bits per heavy atom. The van der Waals surface area contributed by atoms with E-state index in [1.54, 1.807) is 19.2 Å². The van der Waals surface area contributed by atoms with Crippen LogP contribution in [0.25, 0.3) is 0 Å². The van der Waals surface area contributed by atoms with Crippen molar-refractivity contribution in [2.24, 2.45) is 4.99 Å². The number of nitrogens with zero attached hydrogens (tertiary/aromatic N) is 3. The van der Waals surface area contributed by atoms with Gasteiger partial charge < -0.3 is 24.3 Å². The van der Waals surface area contributed by atoms with Crippen molar-refractivity contribution >= 4 is 23.5 Å². The number of guanidine groups is 1. The molecule has 1 aliphatic rings. The van der Waals surface area contributed by atoms with E-state index in [0.717, 1.165) is 18.1 Å². The van der Waals surface area contributed by atoms with Crippen LogP contribution in [0.15, 0.2) is 52.1 Å². The molecule has 0 aliphatic carbocycles. The second-order valence-electron chi connectivity index (χ2n) is 6.73. The fourth-order valence-corrected chi connectivity index (χ4v) is 3.49. The highest BCUT2D eigenvalue weighted by Gasteiger charge is 2.25. The summed E-state index contributed by atoms with van der Waals surface area (Å²) < 4.78 is 10.8. The zero-order valence-electron chi connectivity index (χ0n) is 16.8. The normalized spacial score (nSPS) is 16.0. The van der Waals surface area contributed by atoms with Crippen molar-refractivity contribution in [2.75, 3.05) is 46.4 Å². The Hall–Kier alpha value is -2.51. The summed E-state index contributed by atoms with van der Waals surface area (Å²) in [6, 6.07) is 11.1. The number of amides is 1. The van der Waals surface area contributed by atoms with Gasteiger partial charge in [0.2, 0.25) is 0 Å². The van der Waals surface area contributed by atoms with Crippen molar-refractivity contribution in [3.63, 3.8) is 0 Å². The maximum atomic E-state index is 12.4. The first-order valence-electron chi connectivity index (χ1n) is 9.76. The molecule has 0 bridgehead atoms. The van der Waals surface area contributed by atoms with Crippen molar-refractivity contribution in [1.29, 1.82) is 0 Å². The summed E-state index contributed by atoms with van der Waals surface area (Å²) in [6.07, 6.45) is 1.34. The van der Waals surface area contributed by atoms with Crippen molar-refractivity contribution < 1.29 is 13.9 Å². The molecule has 1 unspecified atom stereocenters. The van der Waals surface area contributed by atoms with Crippen LogP contribution in [0.2, 0.25) is 5.02 Å². The molecule has 1 fully saturated rings. The molecule has 0 saturated carbocycles. The van der Waals surface area contributed by atoms with E-state index in [1.807, 2.05) is 36.1 Å². The molecule has 1 aromatic heterocycles. The third-order valence-corrected chi connectivity index (χ3v) is 5.08. The molecule has 156 valence electrons. The lowest BCUT2D eigenvalue weighted by atomic mass is 10.1. The number of halogens is 1. The van der Waals surface area contributed by atoms with Crippen LogP contribution < -0.4 is 5.32 Å². The third-order valence-electron chi connectivity index (χ3n) is 4.85. The molecule has 1 atom stereocenters. The minimum atomic E-state index is -0.177. The number of rotatable bonds is 6. The SMILES string of the molecule is CCNC(=NCC(OC)c1cccc(Cl)c1)N1CCN(C(=O)c2ccco2)CC1. The lowest BCUT2D eigenvalue weighted by molar-refractivity contribution is 0.0657. The van der Waals surface area contributed by atoms with Crippen LogP contribution in [0.1, 0.15) is 29.1 Å². The largest absolute Gasteiger partial charge is 0.459 e. The number of carbonyl (C=O) groups excluding carboxylic acids is 1. The van der Waals surface area contributed by atoms with E-state index < -0.39 is 0 Å². The van der Waals surface area contributed by atoms with Crippen molar-refractivity contribution in [1.82, 2.24) is 15.1 Å². The van der Waals surface area contributed by atoms with Gasteiger partial charge in [-0.3, -0.25) is 9.79 Å². The van der Waals surface area contributed by atoms with Gasteiger partial charge in [-0.25, -0.2) is 0 Å². The molecule has 8 heteroatoms. The van der Waals surface area contributed by atoms with Gasteiger partial charge in [-0.1, -0.05) is 23.7 Å². The zero-order valence-corrected chi connectivity index (χ0v) is 17.6. The highest BCUT2D eigenvalue weighted by molar-refractivity contribution is 6.30. The molecule has 3 rings (SSSR count). The predicted octanol–water partition coefficient (Wildman–Crippen LogP) is 3.04. The minimum absolute atomic E-state index is 0.0722. The Labute approximate surface area is 176 Å². The van der Waals surface area contributed by atoms with Crippen LogP contribution in [0, 0.1) is 0 Å². The molecular formula is C21H27ClN4O3. The summed E-state index contributed by atoms with van der Waals surface area (Å²) in [5, 5.41) is 4.02. The van der Waals surface area contributed by atoms with E-state index in [2.05, 4.69) is 10.2 Å². The standard InChI is InChI=1S/C21H27ClN4O3/c1-3-23-21(24-15-19(28-2)16-6-4-7-17(22)14-16)26-11-9-25(10-12-26)20(27)18-8-5-13-29-18/h4-8,13-14,19H,3,9-12,15H2,1-2H3,(H,23,24). The monoisotopic (exact) mass is 418 g/mol. The fraction of sp³-hybridized carbons (Fsp3) is 0.429. The van der Waals surface area contributed by atoms with E-state index in [-0.39, 0.29) is 12.0 Å². The number of piperazine rings is 1. The molecule has 2 aromatic rings. The molecule has 0 spiro atoms. The molecule has 1 saturated heterocycles. The summed E-state index contributed by atoms with van der Waals surface area (Å²) in [6.45, 7) is 5.92. The molecule has 2 heterocycles. The first-order valence-corrected chi connectivity index (χ1v) is 10.1. The highest BCUT2D eigenvalue weighted by Crippen LogP contribution is 2.21. The van der Waals surface area contributed by atoms with Gasteiger partial charge in [0.05, 0.1) is 12.8 Å². The molecule has 29 heavy (non-hydrogen) atoms. The lowest BCUT2D eigenvalue weighted by Gasteiger charge is -2.36. The number of nitrogens with one attached hydrogen (secondary N) is 1. The number of carbonyl (C=O) groups is 1. The van der Waals surface area contributed by atoms with Crippen molar-refractivity contribution in [3.05, 3.63) is 59.0 Å². The number of ether oxygens (including phenoxy) is 1. The Balaban J connectivity index is 1.62. The molecular weight excluding hydrogens is 392 g/mol. The van der Waals surface area contributed by atoms with Crippen LogP contribution in [0.3, 0.4) is 0 Å². The zero-order chi connectivity index (χ0) is 20.6. The topological polar surface area (TPSA) is 70.3 Å². The van der Waals surface area contributed by atoms with Crippen LogP contribution >= 0.6 is 11.6 Å². The average Bonchev–Trinajstić information content (AvgIpc) is 3.28. The van der Waals surface area contributed by atoms with Gasteiger partial charge in [0.15, 0.2) is 11.7 Å². The van der Waals surface area contributed by atoms with E-state index in [9.17, 15) is 4.79 Å². The fourth-order valence-electron chi connectivity index (χ4n) is 3.30. The number of benzene rings is 1. The molecule has 1 aliphatic heterocycles. The van der Waals surface area contributed by atoms with Gasteiger partial charge in [0.1, 0.15) is 6.10 Å². The number of hydrogen-bond donors (Lipinski definition) is 1. The Bertz CT molecular complexity index is 817. The summed E-state index contributed by atoms with van der Waals surface area (Å²) >= 11 is 6.11. The van der Waals surface area contributed by atoms with Crippen LogP contribution in [-0.2, 0) is 4.74 Å². The number of aliphatic imine (C=N–C) groups is 1. The Morgan fingerprint density at radius 1 is 1.24 bits per heavy atom. The van der Waals surface area contributed by atoms with E-state index in [0.29, 0.717) is 43.5 Å².